The van der Waals surface area contributed by atoms with Gasteiger partial charge in [-0.1, -0.05) is 0 Å². The number of carbonyl (C=O) groups is 1. The van der Waals surface area contributed by atoms with Gasteiger partial charge in [0, 0.05) is 13.5 Å². The van der Waals surface area contributed by atoms with E-state index in [-0.39, 0.29) is 6.42 Å². The molecule has 0 saturated heterocycles. The van der Waals surface area contributed by atoms with Gasteiger partial charge in [0.1, 0.15) is 16.9 Å². The number of imidazole rings is 1. The number of unbranched alkanes of at least 4 members (excludes halogenated alkanes) is 1. The molecule has 1 N–H and O–H groups in total. The molecule has 0 aromatic carbocycles. The first-order valence-corrected chi connectivity index (χ1v) is 6.63. The molecule has 6 nitrogen and oxygen atoms in total. The molecule has 2 aromatic heterocycles. The van der Waals surface area contributed by atoms with E-state index in [0.29, 0.717) is 6.42 Å². The number of fused-ring (bicyclic) bond motifs is 1. The summed E-state index contributed by atoms with van der Waals surface area (Å²) in [6.07, 6.45) is 5.02. The molecular formula is C11H14N4O2S. The summed E-state index contributed by atoms with van der Waals surface area (Å²) in [4.78, 5) is 23.0. The van der Waals surface area contributed by atoms with E-state index in [0.717, 1.165) is 28.4 Å². The zero-order chi connectivity index (χ0) is 13.0. The van der Waals surface area contributed by atoms with E-state index in [2.05, 4.69) is 15.0 Å². The molecule has 0 radical (unpaired) electrons. The Balaban J connectivity index is 1.93. The Morgan fingerprint density at radius 3 is 3.00 bits per heavy atom. The molecule has 0 aliphatic carbocycles. The Morgan fingerprint density at radius 2 is 2.22 bits per heavy atom. The minimum absolute atomic E-state index is 0.226. The van der Waals surface area contributed by atoms with E-state index in [9.17, 15) is 4.79 Å². The Hall–Kier alpha value is -1.63. The topological polar surface area (TPSA) is 80.9 Å². The van der Waals surface area contributed by atoms with Crippen LogP contribution in [0.1, 0.15) is 19.3 Å². The van der Waals surface area contributed by atoms with Crippen LogP contribution in [-0.2, 0) is 11.8 Å². The zero-order valence-electron chi connectivity index (χ0n) is 10.0. The summed E-state index contributed by atoms with van der Waals surface area (Å²) in [7, 11) is 1.89. The second-order valence-corrected chi connectivity index (χ2v) is 4.99. The van der Waals surface area contributed by atoms with Gasteiger partial charge in [0.2, 0.25) is 0 Å². The van der Waals surface area contributed by atoms with Crippen molar-refractivity contribution in [1.82, 2.24) is 19.5 Å². The Morgan fingerprint density at radius 1 is 1.39 bits per heavy atom. The number of hydrogen-bond acceptors (Lipinski definition) is 5. The van der Waals surface area contributed by atoms with Gasteiger partial charge >= 0.3 is 5.97 Å². The van der Waals surface area contributed by atoms with Crippen molar-refractivity contribution >= 4 is 28.9 Å². The molecule has 18 heavy (non-hydrogen) atoms. The molecule has 0 bridgehead atoms. The van der Waals surface area contributed by atoms with E-state index < -0.39 is 5.97 Å². The van der Waals surface area contributed by atoms with Gasteiger partial charge in [0.05, 0.1) is 6.33 Å². The highest BCUT2D eigenvalue weighted by atomic mass is 32.2. The van der Waals surface area contributed by atoms with Crippen LogP contribution < -0.4 is 0 Å². The molecule has 0 atom stereocenters. The van der Waals surface area contributed by atoms with Crippen LogP contribution in [0.3, 0.4) is 0 Å². The fourth-order valence-corrected chi connectivity index (χ4v) is 2.52. The Kier molecular flexibility index (Phi) is 4.14. The minimum atomic E-state index is -0.742. The molecule has 0 fully saturated rings. The van der Waals surface area contributed by atoms with Crippen LogP contribution >= 0.6 is 11.8 Å². The van der Waals surface area contributed by atoms with Gasteiger partial charge < -0.3 is 9.67 Å². The number of carboxylic acid groups (broad SMARTS) is 1. The van der Waals surface area contributed by atoms with Crippen molar-refractivity contribution in [2.24, 2.45) is 7.05 Å². The summed E-state index contributed by atoms with van der Waals surface area (Å²) in [5.41, 5.74) is 1.63. The lowest BCUT2D eigenvalue weighted by Crippen LogP contribution is -1.95. The summed E-state index contributed by atoms with van der Waals surface area (Å²) in [6, 6.07) is 0. The lowest BCUT2D eigenvalue weighted by atomic mass is 10.3. The number of aromatic nitrogens is 4. The van der Waals surface area contributed by atoms with E-state index in [1.54, 1.807) is 18.1 Å². The fraction of sp³-hybridized carbons (Fsp3) is 0.455. The van der Waals surface area contributed by atoms with Crippen LogP contribution in [0.5, 0.6) is 0 Å². The molecule has 2 aromatic rings. The predicted molar refractivity (Wildman–Crippen MR) is 68.5 cm³/mol. The highest BCUT2D eigenvalue weighted by molar-refractivity contribution is 7.99. The Labute approximate surface area is 108 Å². The van der Waals surface area contributed by atoms with Crippen molar-refractivity contribution in [3.8, 4) is 0 Å². The van der Waals surface area contributed by atoms with E-state index in [4.69, 9.17) is 5.11 Å². The molecular weight excluding hydrogens is 252 g/mol. The molecule has 0 spiro atoms. The van der Waals surface area contributed by atoms with Crippen LogP contribution in [0.4, 0.5) is 0 Å². The number of aryl methyl sites for hydroxylation is 1. The fourth-order valence-electron chi connectivity index (χ4n) is 1.58. The lowest BCUT2D eigenvalue weighted by molar-refractivity contribution is -0.137. The largest absolute Gasteiger partial charge is 0.481 e. The van der Waals surface area contributed by atoms with Gasteiger partial charge in [0.15, 0.2) is 5.65 Å². The molecule has 0 aliphatic rings. The number of rotatable bonds is 6. The predicted octanol–water partition coefficient (Wildman–Crippen LogP) is 1.71. The average molecular weight is 266 g/mol. The van der Waals surface area contributed by atoms with Crippen LogP contribution in [0, 0.1) is 0 Å². The molecule has 0 amide bonds. The number of aliphatic carboxylic acids is 1. The molecule has 2 heterocycles. The third-order valence-electron chi connectivity index (χ3n) is 2.49. The molecule has 7 heteroatoms. The van der Waals surface area contributed by atoms with E-state index >= 15 is 0 Å². The van der Waals surface area contributed by atoms with Gasteiger partial charge in [-0.25, -0.2) is 15.0 Å². The van der Waals surface area contributed by atoms with Crippen LogP contribution in [0.15, 0.2) is 17.7 Å². The molecule has 0 saturated carbocycles. The highest BCUT2D eigenvalue weighted by Crippen LogP contribution is 2.23. The third-order valence-corrected chi connectivity index (χ3v) is 3.55. The normalized spacial score (nSPS) is 10.9. The maximum atomic E-state index is 10.4. The molecule has 2 rings (SSSR count). The second-order valence-electron chi connectivity index (χ2n) is 3.91. The maximum Gasteiger partial charge on any atom is 0.303 e. The third kappa shape index (κ3) is 2.98. The molecule has 0 aliphatic heterocycles. The summed E-state index contributed by atoms with van der Waals surface area (Å²) in [5.74, 6) is 0.102. The summed E-state index contributed by atoms with van der Waals surface area (Å²) >= 11 is 1.60. The first-order valence-electron chi connectivity index (χ1n) is 5.65. The average Bonchev–Trinajstić information content (AvgIpc) is 2.71. The number of hydrogen-bond donors (Lipinski definition) is 1. The van der Waals surface area contributed by atoms with Crippen LogP contribution in [0.25, 0.3) is 11.2 Å². The van der Waals surface area contributed by atoms with Crippen molar-refractivity contribution in [3.05, 3.63) is 12.7 Å². The molecule has 96 valence electrons. The number of carboxylic acids is 1. The maximum absolute atomic E-state index is 10.4. The summed E-state index contributed by atoms with van der Waals surface area (Å²) < 4.78 is 1.85. The summed E-state index contributed by atoms with van der Waals surface area (Å²) in [6.45, 7) is 0. The summed E-state index contributed by atoms with van der Waals surface area (Å²) in [5, 5.41) is 9.39. The second kappa shape index (κ2) is 5.81. The van der Waals surface area contributed by atoms with Gasteiger partial charge in [-0.3, -0.25) is 4.79 Å². The van der Waals surface area contributed by atoms with Crippen molar-refractivity contribution in [3.63, 3.8) is 0 Å². The van der Waals surface area contributed by atoms with Crippen molar-refractivity contribution < 1.29 is 9.90 Å². The van der Waals surface area contributed by atoms with Gasteiger partial charge in [-0.15, -0.1) is 11.8 Å². The van der Waals surface area contributed by atoms with Crippen molar-refractivity contribution in [2.75, 3.05) is 5.75 Å². The Bertz CT molecular complexity index is 555. The SMILES string of the molecule is Cn1cnc2c(SCCCCC(=O)O)ncnc21. The quantitative estimate of drug-likeness (QED) is 0.487. The molecule has 0 unspecified atom stereocenters. The van der Waals surface area contributed by atoms with Gasteiger partial charge in [-0.2, -0.15) is 0 Å². The number of thioether (sulfide) groups is 1. The highest BCUT2D eigenvalue weighted by Gasteiger charge is 2.08. The van der Waals surface area contributed by atoms with Crippen molar-refractivity contribution in [1.29, 1.82) is 0 Å². The minimum Gasteiger partial charge on any atom is -0.481 e. The smallest absolute Gasteiger partial charge is 0.303 e. The van der Waals surface area contributed by atoms with E-state index in [1.807, 2.05) is 11.6 Å². The van der Waals surface area contributed by atoms with Gasteiger partial charge in [-0.05, 0) is 18.6 Å². The van der Waals surface area contributed by atoms with E-state index in [1.165, 1.54) is 6.33 Å². The van der Waals surface area contributed by atoms with Crippen LogP contribution in [-0.4, -0.2) is 36.3 Å². The first-order chi connectivity index (χ1) is 8.68. The number of nitrogens with zero attached hydrogens (tertiary/aromatic N) is 4. The van der Waals surface area contributed by atoms with Crippen LogP contribution in [0.2, 0.25) is 0 Å². The monoisotopic (exact) mass is 266 g/mol. The van der Waals surface area contributed by atoms with Gasteiger partial charge in [0.25, 0.3) is 0 Å². The standard InChI is InChI=1S/C11H14N4O2S/c1-15-7-14-9-10(15)12-6-13-11(9)18-5-3-2-4-8(16)17/h6-7H,2-5H2,1H3,(H,16,17). The first kappa shape index (κ1) is 12.8. The zero-order valence-corrected chi connectivity index (χ0v) is 10.9. The lowest BCUT2D eigenvalue weighted by Gasteiger charge is -2.01. The van der Waals surface area contributed by atoms with Crippen molar-refractivity contribution in [2.45, 2.75) is 24.3 Å².